The van der Waals surface area contributed by atoms with Crippen molar-refractivity contribution in [3.05, 3.63) is 30.6 Å². The van der Waals surface area contributed by atoms with Crippen molar-refractivity contribution in [2.75, 3.05) is 25.9 Å². The van der Waals surface area contributed by atoms with Crippen LogP contribution in [0.1, 0.15) is 13.8 Å². The highest BCUT2D eigenvalue weighted by molar-refractivity contribution is 5.76. The first-order valence-corrected chi connectivity index (χ1v) is 7.32. The van der Waals surface area contributed by atoms with Crippen molar-refractivity contribution in [3.8, 4) is 16.9 Å². The summed E-state index contributed by atoms with van der Waals surface area (Å²) in [7, 11) is 1.60. The summed E-state index contributed by atoms with van der Waals surface area (Å²) in [5.41, 5.74) is 8.31. The fourth-order valence-corrected chi connectivity index (χ4v) is 2.32. The van der Waals surface area contributed by atoms with Crippen LogP contribution in [0.2, 0.25) is 0 Å². The average Bonchev–Trinajstić information content (AvgIpc) is 2.96. The second-order valence-corrected chi connectivity index (χ2v) is 4.99. The highest BCUT2D eigenvalue weighted by atomic mass is 16.5. The molecule has 6 heteroatoms. The zero-order valence-corrected chi connectivity index (χ0v) is 13.2. The van der Waals surface area contributed by atoms with Gasteiger partial charge in [0.2, 0.25) is 5.91 Å². The molecule has 118 valence electrons. The van der Waals surface area contributed by atoms with E-state index in [2.05, 4.69) is 5.10 Å². The second kappa shape index (κ2) is 6.98. The van der Waals surface area contributed by atoms with Gasteiger partial charge in [0.05, 0.1) is 13.3 Å². The number of methoxy groups -OCH3 is 1. The van der Waals surface area contributed by atoms with Crippen LogP contribution in [0.5, 0.6) is 5.75 Å². The molecule has 0 aliphatic carbocycles. The predicted octanol–water partition coefficient (Wildman–Crippen LogP) is 2.01. The molecule has 0 radical (unpaired) electrons. The summed E-state index contributed by atoms with van der Waals surface area (Å²) in [5, 5.41) is 4.26. The molecule has 0 saturated heterocycles. The minimum absolute atomic E-state index is 0.0600. The molecule has 22 heavy (non-hydrogen) atoms. The number of rotatable bonds is 6. The van der Waals surface area contributed by atoms with Crippen LogP contribution < -0.4 is 10.5 Å². The number of likely N-dealkylation sites (N-methyl/N-ethyl adjacent to an activating group) is 1. The van der Waals surface area contributed by atoms with Gasteiger partial charge in [-0.15, -0.1) is 0 Å². The molecule has 2 N–H and O–H groups in total. The molecule has 2 rings (SSSR count). The maximum absolute atomic E-state index is 12.1. The Hall–Kier alpha value is -2.50. The normalized spacial score (nSPS) is 10.5. The van der Waals surface area contributed by atoms with Crippen molar-refractivity contribution in [2.45, 2.75) is 20.4 Å². The fraction of sp³-hybridized carbons (Fsp3) is 0.375. The number of hydrogen-bond donors (Lipinski definition) is 1. The summed E-state index contributed by atoms with van der Waals surface area (Å²) in [6.45, 7) is 5.58. The molecule has 1 aromatic heterocycles. The summed E-state index contributed by atoms with van der Waals surface area (Å²) in [6, 6.07) is 5.51. The Balaban J connectivity index is 2.18. The fourth-order valence-electron chi connectivity index (χ4n) is 2.32. The smallest absolute Gasteiger partial charge is 0.244 e. The number of hydrogen-bond acceptors (Lipinski definition) is 4. The standard InChI is InChI=1S/C16H22N4O2/c1-4-19(5-2)16(21)11-20-10-13(9-18-20)12-6-14(17)8-15(7-12)22-3/h6-10H,4-5,11,17H2,1-3H3. The van der Waals surface area contributed by atoms with E-state index in [0.717, 1.165) is 11.1 Å². The van der Waals surface area contributed by atoms with Crippen LogP contribution >= 0.6 is 0 Å². The molecule has 0 aliphatic heterocycles. The average molecular weight is 302 g/mol. The minimum Gasteiger partial charge on any atom is -0.497 e. The molecule has 0 bridgehead atoms. The van der Waals surface area contributed by atoms with Crippen LogP contribution in [0.25, 0.3) is 11.1 Å². The lowest BCUT2D eigenvalue weighted by atomic mass is 10.1. The molecular formula is C16H22N4O2. The zero-order valence-electron chi connectivity index (χ0n) is 13.2. The van der Waals surface area contributed by atoms with E-state index in [-0.39, 0.29) is 12.5 Å². The van der Waals surface area contributed by atoms with E-state index >= 15 is 0 Å². The monoisotopic (exact) mass is 302 g/mol. The number of amides is 1. The van der Waals surface area contributed by atoms with Gasteiger partial charge >= 0.3 is 0 Å². The summed E-state index contributed by atoms with van der Waals surface area (Å²) in [5.74, 6) is 0.756. The number of nitrogens with zero attached hydrogens (tertiary/aromatic N) is 3. The van der Waals surface area contributed by atoms with Gasteiger partial charge < -0.3 is 15.4 Å². The van der Waals surface area contributed by atoms with Gasteiger partial charge in [0.1, 0.15) is 12.3 Å². The van der Waals surface area contributed by atoms with E-state index in [0.29, 0.717) is 24.5 Å². The number of carbonyl (C=O) groups is 1. The number of carbonyl (C=O) groups excluding carboxylic acids is 1. The first-order valence-electron chi connectivity index (χ1n) is 7.32. The molecule has 0 fully saturated rings. The van der Waals surface area contributed by atoms with Gasteiger partial charge in [-0.1, -0.05) is 0 Å². The van der Waals surface area contributed by atoms with Gasteiger partial charge in [0, 0.05) is 36.6 Å². The lowest BCUT2D eigenvalue weighted by Crippen LogP contribution is -2.33. The Bertz CT molecular complexity index is 647. The predicted molar refractivity (Wildman–Crippen MR) is 86.6 cm³/mol. The Labute approximate surface area is 130 Å². The van der Waals surface area contributed by atoms with Crippen LogP contribution in [0.3, 0.4) is 0 Å². The van der Waals surface area contributed by atoms with E-state index in [1.807, 2.05) is 32.2 Å². The van der Waals surface area contributed by atoms with Crippen LogP contribution in [0.15, 0.2) is 30.6 Å². The third-order valence-corrected chi connectivity index (χ3v) is 3.54. The Morgan fingerprint density at radius 3 is 2.64 bits per heavy atom. The maximum atomic E-state index is 12.1. The molecular weight excluding hydrogens is 280 g/mol. The van der Waals surface area contributed by atoms with Crippen molar-refractivity contribution in [2.24, 2.45) is 0 Å². The lowest BCUT2D eigenvalue weighted by Gasteiger charge is -2.18. The Kier molecular flexibility index (Phi) is 5.04. The largest absolute Gasteiger partial charge is 0.497 e. The van der Waals surface area contributed by atoms with Gasteiger partial charge in [-0.3, -0.25) is 9.48 Å². The van der Waals surface area contributed by atoms with E-state index in [1.165, 1.54) is 0 Å². The topological polar surface area (TPSA) is 73.4 Å². The van der Waals surface area contributed by atoms with Crippen molar-refractivity contribution in [3.63, 3.8) is 0 Å². The van der Waals surface area contributed by atoms with E-state index in [4.69, 9.17) is 10.5 Å². The van der Waals surface area contributed by atoms with Crippen LogP contribution in [0, 0.1) is 0 Å². The maximum Gasteiger partial charge on any atom is 0.244 e. The third-order valence-electron chi connectivity index (χ3n) is 3.54. The number of anilines is 1. The van der Waals surface area contributed by atoms with E-state index < -0.39 is 0 Å². The number of benzene rings is 1. The zero-order chi connectivity index (χ0) is 16.1. The van der Waals surface area contributed by atoms with Crippen molar-refractivity contribution in [1.82, 2.24) is 14.7 Å². The number of aromatic nitrogens is 2. The highest BCUT2D eigenvalue weighted by Gasteiger charge is 2.12. The quantitative estimate of drug-likeness (QED) is 0.828. The molecule has 0 saturated carbocycles. The van der Waals surface area contributed by atoms with Crippen LogP contribution in [0.4, 0.5) is 5.69 Å². The van der Waals surface area contributed by atoms with Gasteiger partial charge in [0.15, 0.2) is 0 Å². The SMILES string of the molecule is CCN(CC)C(=O)Cn1cc(-c2cc(N)cc(OC)c2)cn1. The summed E-state index contributed by atoms with van der Waals surface area (Å²) < 4.78 is 6.87. The molecule has 0 aliphatic rings. The Morgan fingerprint density at radius 1 is 1.27 bits per heavy atom. The molecule has 0 spiro atoms. The first kappa shape index (κ1) is 15.9. The summed E-state index contributed by atoms with van der Waals surface area (Å²) >= 11 is 0. The lowest BCUT2D eigenvalue weighted by molar-refractivity contribution is -0.131. The number of nitrogens with two attached hydrogens (primary N) is 1. The van der Waals surface area contributed by atoms with Crippen LogP contribution in [-0.4, -0.2) is 40.8 Å². The van der Waals surface area contributed by atoms with Crippen molar-refractivity contribution < 1.29 is 9.53 Å². The molecule has 1 heterocycles. The van der Waals surface area contributed by atoms with Gasteiger partial charge in [-0.05, 0) is 31.5 Å². The van der Waals surface area contributed by atoms with Gasteiger partial charge in [-0.25, -0.2) is 0 Å². The number of nitrogen functional groups attached to an aromatic ring is 1. The highest BCUT2D eigenvalue weighted by Crippen LogP contribution is 2.26. The van der Waals surface area contributed by atoms with Crippen molar-refractivity contribution >= 4 is 11.6 Å². The molecule has 0 atom stereocenters. The summed E-state index contributed by atoms with van der Waals surface area (Å²) in [6.07, 6.45) is 3.57. The van der Waals surface area contributed by atoms with E-state index in [9.17, 15) is 4.79 Å². The number of ether oxygens (including phenoxy) is 1. The second-order valence-electron chi connectivity index (χ2n) is 4.99. The molecule has 2 aromatic rings. The van der Waals surface area contributed by atoms with Crippen LogP contribution in [-0.2, 0) is 11.3 Å². The van der Waals surface area contributed by atoms with Gasteiger partial charge in [0.25, 0.3) is 0 Å². The molecule has 6 nitrogen and oxygen atoms in total. The van der Waals surface area contributed by atoms with Gasteiger partial charge in [-0.2, -0.15) is 5.10 Å². The van der Waals surface area contributed by atoms with Crippen molar-refractivity contribution in [1.29, 1.82) is 0 Å². The minimum atomic E-state index is 0.0600. The van der Waals surface area contributed by atoms with E-state index in [1.54, 1.807) is 29.0 Å². The molecule has 1 aromatic carbocycles. The molecule has 0 unspecified atom stereocenters. The molecule has 1 amide bonds. The summed E-state index contributed by atoms with van der Waals surface area (Å²) in [4.78, 5) is 13.9. The third kappa shape index (κ3) is 3.58. The Morgan fingerprint density at radius 2 is 2.00 bits per heavy atom. The first-order chi connectivity index (χ1) is 10.6.